The smallest absolute Gasteiger partial charge is 0.263 e. The number of aliphatic imine (C=N–C) groups is 1. The molecule has 0 N–H and O–H groups in total. The number of nitrogens with zero attached hydrogens (tertiary/aromatic N) is 3. The zero-order chi connectivity index (χ0) is 22.3. The molecule has 3 heterocycles. The topological polar surface area (TPSA) is 62.6 Å². The quantitative estimate of drug-likeness (QED) is 0.641. The highest BCUT2D eigenvalue weighted by atomic mass is 32.2. The largest absolute Gasteiger partial charge is 0.417 e. The van der Waals surface area contributed by atoms with Crippen LogP contribution >= 0.6 is 11.3 Å². The molecule has 2 aromatic heterocycles. The van der Waals surface area contributed by atoms with Crippen LogP contribution in [0.5, 0.6) is 0 Å². The van der Waals surface area contributed by atoms with Crippen LogP contribution in [0.15, 0.2) is 29.5 Å². The molecule has 0 saturated heterocycles. The van der Waals surface area contributed by atoms with Crippen molar-refractivity contribution in [3.63, 3.8) is 0 Å². The van der Waals surface area contributed by atoms with Crippen LogP contribution in [0.1, 0.15) is 43.2 Å². The van der Waals surface area contributed by atoms with Gasteiger partial charge in [-0.1, -0.05) is 12.8 Å². The fraction of sp³-hybridized carbons (Fsp3) is 0.400. The Hall–Kier alpha value is -2.38. The minimum atomic E-state index is -4.66. The highest BCUT2D eigenvalue weighted by Gasteiger charge is 2.47. The lowest BCUT2D eigenvalue weighted by Gasteiger charge is -2.35. The molecule has 10 heteroatoms. The van der Waals surface area contributed by atoms with Crippen LogP contribution in [0, 0.1) is 11.8 Å². The van der Waals surface area contributed by atoms with Gasteiger partial charge in [-0.25, -0.2) is 8.42 Å². The number of rotatable bonds is 3. The molecular formula is C20H20F3N3O2S2. The number of pyridine rings is 1. The van der Waals surface area contributed by atoms with Crippen molar-refractivity contribution < 1.29 is 21.6 Å². The molecule has 0 aliphatic carbocycles. The number of sulfonamides is 1. The van der Waals surface area contributed by atoms with Gasteiger partial charge in [-0.2, -0.15) is 13.2 Å². The van der Waals surface area contributed by atoms with E-state index in [9.17, 15) is 21.6 Å². The van der Waals surface area contributed by atoms with Crippen molar-refractivity contribution in [1.29, 1.82) is 0 Å². The van der Waals surface area contributed by atoms with E-state index in [1.807, 2.05) is 0 Å². The summed E-state index contributed by atoms with van der Waals surface area (Å²) in [4.78, 5) is 8.71. The van der Waals surface area contributed by atoms with Gasteiger partial charge in [0, 0.05) is 46.7 Å². The molecule has 30 heavy (non-hydrogen) atoms. The lowest BCUT2D eigenvalue weighted by molar-refractivity contribution is -0.138. The van der Waals surface area contributed by atoms with E-state index in [2.05, 4.69) is 21.8 Å². The van der Waals surface area contributed by atoms with Gasteiger partial charge in [0.2, 0.25) is 10.0 Å². The second-order valence-corrected chi connectivity index (χ2v) is 10.1. The summed E-state index contributed by atoms with van der Waals surface area (Å²) in [6, 6.07) is 2.70. The molecule has 0 aromatic carbocycles. The molecule has 0 bridgehead atoms. The second kappa shape index (κ2) is 7.71. The maximum Gasteiger partial charge on any atom is 0.417 e. The third-order valence-electron chi connectivity index (χ3n) is 4.75. The number of amidine groups is 1. The van der Waals surface area contributed by atoms with Gasteiger partial charge in [0.15, 0.2) is 0 Å². The Morgan fingerprint density at radius 2 is 2.00 bits per heavy atom. The SMILES string of the molecule is CC#Cc1cncc(-c2cc(C(F)(F)F)c(C3(C)CS(=O)(=O)N(C)C(CC)=N3)s2)c1. The van der Waals surface area contributed by atoms with Crippen LogP contribution in [-0.2, 0) is 21.7 Å². The van der Waals surface area contributed by atoms with E-state index in [1.165, 1.54) is 26.4 Å². The van der Waals surface area contributed by atoms with Crippen molar-refractivity contribution in [1.82, 2.24) is 9.29 Å². The summed E-state index contributed by atoms with van der Waals surface area (Å²) >= 11 is 0.888. The van der Waals surface area contributed by atoms with Gasteiger partial charge in [-0.05, 0) is 26.0 Å². The highest BCUT2D eigenvalue weighted by Crippen LogP contribution is 2.47. The summed E-state index contributed by atoms with van der Waals surface area (Å²) in [5.41, 5.74) is -1.36. The average molecular weight is 456 g/mol. The molecule has 5 nitrogen and oxygen atoms in total. The van der Waals surface area contributed by atoms with E-state index in [-0.39, 0.29) is 17.1 Å². The third kappa shape index (κ3) is 4.09. The van der Waals surface area contributed by atoms with E-state index < -0.39 is 33.1 Å². The van der Waals surface area contributed by atoms with E-state index in [4.69, 9.17) is 0 Å². The summed E-state index contributed by atoms with van der Waals surface area (Å²) in [6.45, 7) is 4.81. The number of alkyl halides is 3. The molecular weight excluding hydrogens is 435 g/mol. The van der Waals surface area contributed by atoms with Gasteiger partial charge in [-0.15, -0.1) is 17.3 Å². The zero-order valence-corrected chi connectivity index (χ0v) is 18.5. The van der Waals surface area contributed by atoms with Crippen molar-refractivity contribution in [2.75, 3.05) is 12.8 Å². The molecule has 1 aliphatic heterocycles. The maximum absolute atomic E-state index is 13.9. The van der Waals surface area contributed by atoms with Gasteiger partial charge < -0.3 is 0 Å². The molecule has 0 radical (unpaired) electrons. The Morgan fingerprint density at radius 3 is 2.60 bits per heavy atom. The van der Waals surface area contributed by atoms with Crippen LogP contribution in [0.25, 0.3) is 10.4 Å². The Balaban J connectivity index is 2.23. The second-order valence-electron chi connectivity index (χ2n) is 7.07. The lowest BCUT2D eigenvalue weighted by Crippen LogP contribution is -2.47. The monoisotopic (exact) mass is 455 g/mol. The molecule has 2 aromatic rings. The van der Waals surface area contributed by atoms with Crippen LogP contribution in [0.2, 0.25) is 0 Å². The standard InChI is InChI=1S/C20H20F3N3O2S2/c1-5-7-13-8-14(11-24-10-13)16-9-15(20(21,22)23)18(29-16)19(3)12-30(27,28)26(4)17(6-2)25-19/h8-11H,6,12H2,1-4H3. The molecule has 3 rings (SSSR count). The van der Waals surface area contributed by atoms with Gasteiger partial charge in [-0.3, -0.25) is 14.3 Å². The van der Waals surface area contributed by atoms with E-state index in [1.54, 1.807) is 19.9 Å². The minimum absolute atomic E-state index is 0.125. The molecule has 1 aliphatic rings. The molecule has 0 spiro atoms. The minimum Gasteiger partial charge on any atom is -0.263 e. The van der Waals surface area contributed by atoms with Crippen molar-refractivity contribution >= 4 is 27.2 Å². The first-order valence-corrected chi connectivity index (χ1v) is 11.5. The van der Waals surface area contributed by atoms with Gasteiger partial charge in [0.1, 0.15) is 11.4 Å². The van der Waals surface area contributed by atoms with E-state index >= 15 is 0 Å². The molecule has 0 fully saturated rings. The first kappa shape index (κ1) is 22.3. The van der Waals surface area contributed by atoms with Crippen LogP contribution in [0.3, 0.4) is 0 Å². The molecule has 0 saturated carbocycles. The van der Waals surface area contributed by atoms with Crippen LogP contribution < -0.4 is 0 Å². The lowest BCUT2D eigenvalue weighted by atomic mass is 9.98. The Bertz CT molecular complexity index is 1170. The summed E-state index contributed by atoms with van der Waals surface area (Å²) in [5, 5.41) is 0. The number of halogens is 3. The predicted molar refractivity (Wildman–Crippen MR) is 112 cm³/mol. The Morgan fingerprint density at radius 1 is 1.30 bits per heavy atom. The Kier molecular flexibility index (Phi) is 5.73. The summed E-state index contributed by atoms with van der Waals surface area (Å²) in [7, 11) is -2.43. The number of aromatic nitrogens is 1. The summed E-state index contributed by atoms with van der Waals surface area (Å²) < 4.78 is 68.1. The van der Waals surface area contributed by atoms with Crippen LogP contribution in [-0.4, -0.2) is 36.3 Å². The summed E-state index contributed by atoms with van der Waals surface area (Å²) in [6.07, 6.45) is -1.38. The maximum atomic E-state index is 13.9. The van der Waals surface area contributed by atoms with Crippen molar-refractivity contribution in [3.05, 3.63) is 40.5 Å². The van der Waals surface area contributed by atoms with Crippen molar-refractivity contribution in [2.45, 2.75) is 38.9 Å². The Labute approximate surface area is 177 Å². The van der Waals surface area contributed by atoms with Gasteiger partial charge >= 0.3 is 6.18 Å². The van der Waals surface area contributed by atoms with Crippen molar-refractivity contribution in [3.8, 4) is 22.3 Å². The normalized spacial score (nSPS) is 21.0. The third-order valence-corrected chi connectivity index (χ3v) is 8.16. The zero-order valence-electron chi connectivity index (χ0n) is 16.8. The molecule has 1 atom stereocenters. The first-order valence-electron chi connectivity index (χ1n) is 9.06. The van der Waals surface area contributed by atoms with Gasteiger partial charge in [0.25, 0.3) is 0 Å². The number of hydrogen-bond acceptors (Lipinski definition) is 5. The first-order chi connectivity index (χ1) is 13.9. The fourth-order valence-electron chi connectivity index (χ4n) is 3.35. The van der Waals surface area contributed by atoms with Crippen molar-refractivity contribution in [2.24, 2.45) is 4.99 Å². The van der Waals surface area contributed by atoms with Gasteiger partial charge in [0.05, 0.1) is 11.3 Å². The average Bonchev–Trinajstić information content (AvgIpc) is 3.12. The van der Waals surface area contributed by atoms with E-state index in [0.29, 0.717) is 16.0 Å². The summed E-state index contributed by atoms with van der Waals surface area (Å²) in [5.74, 6) is 5.25. The predicted octanol–water partition coefficient (Wildman–Crippen LogP) is 4.50. The van der Waals surface area contributed by atoms with Crippen LogP contribution in [0.4, 0.5) is 13.2 Å². The molecule has 160 valence electrons. The molecule has 1 unspecified atom stereocenters. The molecule has 0 amide bonds. The number of thiophene rings is 1. The number of hydrogen-bond donors (Lipinski definition) is 0. The van der Waals surface area contributed by atoms with E-state index in [0.717, 1.165) is 21.7 Å². The highest BCUT2D eigenvalue weighted by molar-refractivity contribution is 7.89. The fourth-order valence-corrected chi connectivity index (χ4v) is 6.29.